The lowest BCUT2D eigenvalue weighted by Gasteiger charge is -2.12. The average Bonchev–Trinajstić information content (AvgIpc) is 2.79. The maximum absolute atomic E-state index is 11.6. The lowest BCUT2D eigenvalue weighted by Crippen LogP contribution is -2.42. The Bertz CT molecular complexity index is 301. The molecule has 2 N–H and O–H groups in total. The molecular weight excluding hydrogens is 224 g/mol. The molecule has 0 bridgehead atoms. The first-order chi connectivity index (χ1) is 7.74. The molecule has 90 valence electrons. The number of nitrogens with one attached hydrogen (secondary N) is 2. The molecule has 0 aliphatic carbocycles. The zero-order valence-electron chi connectivity index (χ0n) is 9.66. The first-order valence-electron chi connectivity index (χ1n) is 5.26. The van der Waals surface area contributed by atoms with Crippen molar-refractivity contribution in [3.8, 4) is 0 Å². The monoisotopic (exact) mass is 242 g/mol. The van der Waals surface area contributed by atoms with Crippen LogP contribution >= 0.6 is 11.8 Å². The molecule has 1 aromatic rings. The largest absolute Gasteiger partial charge is 0.467 e. The average molecular weight is 242 g/mol. The number of furan rings is 1. The van der Waals surface area contributed by atoms with Gasteiger partial charge in [0.25, 0.3) is 0 Å². The normalized spacial score (nSPS) is 12.4. The molecule has 1 aromatic heterocycles. The molecule has 1 heterocycles. The van der Waals surface area contributed by atoms with Crippen molar-refractivity contribution < 1.29 is 9.21 Å². The fraction of sp³-hybridized carbons (Fsp3) is 0.545. The third-order valence-electron chi connectivity index (χ3n) is 2.17. The van der Waals surface area contributed by atoms with Crippen molar-refractivity contribution in [3.05, 3.63) is 24.2 Å². The number of hydrogen-bond acceptors (Lipinski definition) is 4. The van der Waals surface area contributed by atoms with E-state index in [9.17, 15) is 4.79 Å². The maximum Gasteiger partial charge on any atom is 0.237 e. The Morgan fingerprint density at radius 1 is 1.62 bits per heavy atom. The fourth-order valence-electron chi connectivity index (χ4n) is 1.21. The highest BCUT2D eigenvalue weighted by molar-refractivity contribution is 7.98. The van der Waals surface area contributed by atoms with E-state index < -0.39 is 0 Å². The van der Waals surface area contributed by atoms with Gasteiger partial charge in [-0.15, -0.1) is 0 Å². The van der Waals surface area contributed by atoms with Crippen LogP contribution in [-0.4, -0.2) is 30.5 Å². The Morgan fingerprint density at radius 2 is 2.44 bits per heavy atom. The van der Waals surface area contributed by atoms with Gasteiger partial charge in [0, 0.05) is 12.3 Å². The predicted molar refractivity (Wildman–Crippen MR) is 66.4 cm³/mol. The van der Waals surface area contributed by atoms with Crippen LogP contribution in [0.5, 0.6) is 0 Å². The Morgan fingerprint density at radius 3 is 3.06 bits per heavy atom. The summed E-state index contributed by atoms with van der Waals surface area (Å²) in [5.74, 6) is 1.78. The summed E-state index contributed by atoms with van der Waals surface area (Å²) in [6.45, 7) is 3.15. The van der Waals surface area contributed by atoms with Gasteiger partial charge < -0.3 is 15.1 Å². The van der Waals surface area contributed by atoms with Crippen molar-refractivity contribution >= 4 is 17.7 Å². The number of rotatable bonds is 7. The molecule has 5 heteroatoms. The molecule has 16 heavy (non-hydrogen) atoms. The van der Waals surface area contributed by atoms with E-state index in [1.165, 1.54) is 0 Å². The third kappa shape index (κ3) is 4.72. The summed E-state index contributed by atoms with van der Waals surface area (Å²) in [6.07, 6.45) is 3.64. The van der Waals surface area contributed by atoms with Crippen LogP contribution in [-0.2, 0) is 11.3 Å². The summed E-state index contributed by atoms with van der Waals surface area (Å²) >= 11 is 1.76. The van der Waals surface area contributed by atoms with Crippen LogP contribution in [0, 0.1) is 0 Å². The maximum atomic E-state index is 11.6. The minimum absolute atomic E-state index is 0.00231. The van der Waals surface area contributed by atoms with E-state index in [1.54, 1.807) is 18.0 Å². The Balaban J connectivity index is 2.18. The van der Waals surface area contributed by atoms with Gasteiger partial charge in [-0.25, -0.2) is 0 Å². The van der Waals surface area contributed by atoms with Crippen LogP contribution in [0.25, 0.3) is 0 Å². The van der Waals surface area contributed by atoms with E-state index in [1.807, 2.05) is 25.3 Å². The second-order valence-corrected chi connectivity index (χ2v) is 4.45. The van der Waals surface area contributed by atoms with Gasteiger partial charge >= 0.3 is 0 Å². The van der Waals surface area contributed by atoms with Gasteiger partial charge in [0.1, 0.15) is 5.76 Å². The molecule has 0 saturated carbocycles. The zero-order chi connectivity index (χ0) is 11.8. The molecule has 0 radical (unpaired) electrons. The quantitative estimate of drug-likeness (QED) is 0.706. The fourth-order valence-corrected chi connectivity index (χ4v) is 1.53. The van der Waals surface area contributed by atoms with Crippen molar-refractivity contribution in [2.24, 2.45) is 0 Å². The molecule has 1 rings (SSSR count). The minimum Gasteiger partial charge on any atom is -0.467 e. The summed E-state index contributed by atoms with van der Waals surface area (Å²) in [4.78, 5) is 11.6. The number of carbonyl (C=O) groups excluding carboxylic acids is 1. The Kier molecular flexibility index (Phi) is 6.03. The van der Waals surface area contributed by atoms with Crippen molar-refractivity contribution in [2.45, 2.75) is 19.5 Å². The second kappa shape index (κ2) is 7.35. The summed E-state index contributed by atoms with van der Waals surface area (Å²) in [5, 5.41) is 5.96. The number of thioether (sulfide) groups is 1. The zero-order valence-corrected chi connectivity index (χ0v) is 10.5. The van der Waals surface area contributed by atoms with Crippen molar-refractivity contribution in [1.82, 2.24) is 10.6 Å². The first kappa shape index (κ1) is 13.1. The molecule has 0 aliphatic heterocycles. The smallest absolute Gasteiger partial charge is 0.237 e. The van der Waals surface area contributed by atoms with E-state index in [-0.39, 0.29) is 11.9 Å². The van der Waals surface area contributed by atoms with Crippen molar-refractivity contribution in [1.29, 1.82) is 0 Å². The topological polar surface area (TPSA) is 54.3 Å². The third-order valence-corrected chi connectivity index (χ3v) is 2.78. The van der Waals surface area contributed by atoms with Crippen LogP contribution < -0.4 is 10.6 Å². The summed E-state index contributed by atoms with van der Waals surface area (Å²) in [7, 11) is 0. The lowest BCUT2D eigenvalue weighted by molar-refractivity contribution is -0.122. The van der Waals surface area contributed by atoms with E-state index in [0.717, 1.165) is 18.1 Å². The van der Waals surface area contributed by atoms with Gasteiger partial charge in [-0.05, 0) is 25.3 Å². The molecule has 1 atom stereocenters. The number of hydrogen-bond donors (Lipinski definition) is 2. The lowest BCUT2D eigenvalue weighted by atomic mass is 10.3. The van der Waals surface area contributed by atoms with Gasteiger partial charge in [-0.1, -0.05) is 0 Å². The molecule has 0 spiro atoms. The predicted octanol–water partition coefficient (Wildman–Crippen LogP) is 1.24. The SMILES string of the molecule is CSCCNC(C)C(=O)NCc1ccco1. The summed E-state index contributed by atoms with van der Waals surface area (Å²) < 4.78 is 5.12. The molecule has 0 fully saturated rings. The van der Waals surface area contributed by atoms with Crippen LogP contribution in [0.15, 0.2) is 22.8 Å². The summed E-state index contributed by atoms with van der Waals surface area (Å²) in [5.41, 5.74) is 0. The van der Waals surface area contributed by atoms with E-state index in [2.05, 4.69) is 10.6 Å². The van der Waals surface area contributed by atoms with Crippen LogP contribution in [0.2, 0.25) is 0 Å². The Hall–Kier alpha value is -0.940. The van der Waals surface area contributed by atoms with Gasteiger partial charge in [0.05, 0.1) is 18.8 Å². The molecule has 0 aliphatic rings. The highest BCUT2D eigenvalue weighted by Gasteiger charge is 2.11. The van der Waals surface area contributed by atoms with Gasteiger partial charge in [-0.2, -0.15) is 11.8 Å². The second-order valence-electron chi connectivity index (χ2n) is 3.47. The molecule has 1 unspecified atom stereocenters. The number of carbonyl (C=O) groups is 1. The standard InChI is InChI=1S/C11H18N2O2S/c1-9(12-5-7-16-2)11(14)13-8-10-4-3-6-15-10/h3-4,6,9,12H,5,7-8H2,1-2H3,(H,13,14). The molecule has 0 aromatic carbocycles. The van der Waals surface area contributed by atoms with Crippen LogP contribution in [0.1, 0.15) is 12.7 Å². The number of amides is 1. The van der Waals surface area contributed by atoms with E-state index >= 15 is 0 Å². The minimum atomic E-state index is -0.165. The Labute approximate surface area is 100 Å². The van der Waals surface area contributed by atoms with Crippen LogP contribution in [0.3, 0.4) is 0 Å². The molecular formula is C11H18N2O2S. The first-order valence-corrected chi connectivity index (χ1v) is 6.66. The highest BCUT2D eigenvalue weighted by atomic mass is 32.2. The highest BCUT2D eigenvalue weighted by Crippen LogP contribution is 1.98. The van der Waals surface area contributed by atoms with E-state index in [0.29, 0.717) is 6.54 Å². The van der Waals surface area contributed by atoms with Crippen LogP contribution in [0.4, 0.5) is 0 Å². The van der Waals surface area contributed by atoms with Gasteiger partial charge in [0.2, 0.25) is 5.91 Å². The van der Waals surface area contributed by atoms with Crippen molar-refractivity contribution in [2.75, 3.05) is 18.6 Å². The molecule has 1 amide bonds. The van der Waals surface area contributed by atoms with E-state index in [4.69, 9.17) is 4.42 Å². The molecule has 0 saturated heterocycles. The molecule has 4 nitrogen and oxygen atoms in total. The van der Waals surface area contributed by atoms with Gasteiger partial charge in [-0.3, -0.25) is 4.79 Å². The summed E-state index contributed by atoms with van der Waals surface area (Å²) in [6, 6.07) is 3.48. The van der Waals surface area contributed by atoms with Gasteiger partial charge in [0.15, 0.2) is 0 Å². The van der Waals surface area contributed by atoms with Crippen molar-refractivity contribution in [3.63, 3.8) is 0 Å².